The van der Waals surface area contributed by atoms with Crippen molar-refractivity contribution in [1.29, 1.82) is 0 Å². The largest absolute Gasteiger partial charge is 0.325 e. The van der Waals surface area contributed by atoms with Crippen molar-refractivity contribution in [2.45, 2.75) is 24.0 Å². The summed E-state index contributed by atoms with van der Waals surface area (Å²) >= 11 is 1.24. The van der Waals surface area contributed by atoms with Crippen molar-refractivity contribution in [3.63, 3.8) is 0 Å². The van der Waals surface area contributed by atoms with Crippen molar-refractivity contribution in [1.82, 2.24) is 14.8 Å². The Morgan fingerprint density at radius 2 is 1.63 bits per heavy atom. The van der Waals surface area contributed by atoms with Crippen molar-refractivity contribution < 1.29 is 14.0 Å². The predicted molar refractivity (Wildman–Crippen MR) is 134 cm³/mol. The lowest BCUT2D eigenvalue weighted by Gasteiger charge is -2.12. The van der Waals surface area contributed by atoms with E-state index in [0.29, 0.717) is 33.5 Å². The molecule has 0 aliphatic heterocycles. The van der Waals surface area contributed by atoms with Crippen LogP contribution in [-0.2, 0) is 4.79 Å². The number of rotatable bonds is 8. The van der Waals surface area contributed by atoms with Gasteiger partial charge in [-0.3, -0.25) is 14.2 Å². The van der Waals surface area contributed by atoms with Crippen LogP contribution in [0, 0.1) is 5.82 Å². The van der Waals surface area contributed by atoms with Crippen LogP contribution >= 0.6 is 11.8 Å². The summed E-state index contributed by atoms with van der Waals surface area (Å²) in [5.41, 5.74) is 1.83. The second-order valence-corrected chi connectivity index (χ2v) is 9.03. The molecule has 1 saturated carbocycles. The van der Waals surface area contributed by atoms with Gasteiger partial charge in [-0.2, -0.15) is 0 Å². The molecule has 4 aromatic rings. The first-order valence-electron chi connectivity index (χ1n) is 11.2. The number of nitrogens with zero attached hydrogens (tertiary/aromatic N) is 3. The van der Waals surface area contributed by atoms with Gasteiger partial charge in [0.1, 0.15) is 5.82 Å². The summed E-state index contributed by atoms with van der Waals surface area (Å²) in [7, 11) is 0. The Bertz CT molecular complexity index is 1370. The molecule has 0 bridgehead atoms. The molecule has 1 heterocycles. The Kier molecular flexibility index (Phi) is 6.58. The number of benzene rings is 3. The molecule has 35 heavy (non-hydrogen) atoms. The van der Waals surface area contributed by atoms with Gasteiger partial charge in [-0.1, -0.05) is 54.2 Å². The van der Waals surface area contributed by atoms with Gasteiger partial charge in [0.2, 0.25) is 5.91 Å². The first kappa shape index (κ1) is 22.8. The molecule has 0 spiro atoms. The van der Waals surface area contributed by atoms with Gasteiger partial charge in [0.25, 0.3) is 5.91 Å². The molecular weight excluding hydrogens is 465 g/mol. The Morgan fingerprint density at radius 3 is 2.40 bits per heavy atom. The number of hydrogen-bond acceptors (Lipinski definition) is 5. The van der Waals surface area contributed by atoms with E-state index in [2.05, 4.69) is 20.8 Å². The minimum Gasteiger partial charge on any atom is -0.325 e. The molecule has 2 N–H and O–H groups in total. The highest BCUT2D eigenvalue weighted by molar-refractivity contribution is 7.99. The monoisotopic (exact) mass is 487 g/mol. The average molecular weight is 488 g/mol. The zero-order chi connectivity index (χ0) is 24.2. The standard InChI is InChI=1S/C26H22FN5O2S/c27-21-12-6-4-10-19(21)24-30-31-26(32(24)18-14-15-18)35-16-23(33)29-22-13-7-5-11-20(22)25(34)28-17-8-2-1-3-9-17/h1-13,18H,14-16H2,(H,28,34)(H,29,33). The van der Waals surface area contributed by atoms with Crippen LogP contribution in [0.1, 0.15) is 29.2 Å². The van der Waals surface area contributed by atoms with Gasteiger partial charge in [-0.15, -0.1) is 10.2 Å². The lowest BCUT2D eigenvalue weighted by atomic mass is 10.1. The quantitative estimate of drug-likeness (QED) is 0.325. The zero-order valence-corrected chi connectivity index (χ0v) is 19.5. The van der Waals surface area contributed by atoms with Crippen molar-refractivity contribution in [3.05, 3.63) is 90.2 Å². The third-order valence-corrected chi connectivity index (χ3v) is 6.44. The fraction of sp³-hybridized carbons (Fsp3) is 0.154. The number of amides is 2. The molecule has 176 valence electrons. The Morgan fingerprint density at radius 1 is 0.914 bits per heavy atom. The summed E-state index contributed by atoms with van der Waals surface area (Å²) in [5.74, 6) is -0.426. The summed E-state index contributed by atoms with van der Waals surface area (Å²) < 4.78 is 16.3. The third-order valence-electron chi connectivity index (χ3n) is 5.50. The SMILES string of the molecule is O=C(CSc1nnc(-c2ccccc2F)n1C1CC1)Nc1ccccc1C(=O)Nc1ccccc1. The van der Waals surface area contributed by atoms with Gasteiger partial charge in [-0.05, 0) is 49.2 Å². The van der Waals surface area contributed by atoms with Crippen molar-refractivity contribution >= 4 is 35.0 Å². The highest BCUT2D eigenvalue weighted by atomic mass is 32.2. The smallest absolute Gasteiger partial charge is 0.257 e. The molecule has 1 aromatic heterocycles. The molecule has 0 unspecified atom stereocenters. The molecule has 1 aliphatic carbocycles. The first-order valence-corrected chi connectivity index (χ1v) is 12.2. The van der Waals surface area contributed by atoms with Crippen molar-refractivity contribution in [2.75, 3.05) is 16.4 Å². The number of carbonyl (C=O) groups excluding carboxylic acids is 2. The number of hydrogen-bond donors (Lipinski definition) is 2. The van der Waals surface area contributed by atoms with E-state index in [1.54, 1.807) is 54.6 Å². The van der Waals surface area contributed by atoms with Gasteiger partial charge in [0.15, 0.2) is 11.0 Å². The number of thioether (sulfide) groups is 1. The normalized spacial score (nSPS) is 12.8. The topological polar surface area (TPSA) is 88.9 Å². The fourth-order valence-electron chi connectivity index (χ4n) is 3.69. The van der Waals surface area contributed by atoms with E-state index in [4.69, 9.17) is 0 Å². The fourth-order valence-corrected chi connectivity index (χ4v) is 4.50. The number of anilines is 2. The Balaban J connectivity index is 1.28. The van der Waals surface area contributed by atoms with Crippen LogP contribution in [0.4, 0.5) is 15.8 Å². The lowest BCUT2D eigenvalue weighted by Crippen LogP contribution is -2.19. The molecule has 0 saturated heterocycles. The van der Waals surface area contributed by atoms with E-state index in [9.17, 15) is 14.0 Å². The van der Waals surface area contributed by atoms with E-state index < -0.39 is 0 Å². The van der Waals surface area contributed by atoms with Crippen LogP contribution in [0.15, 0.2) is 84.0 Å². The van der Waals surface area contributed by atoms with Gasteiger partial charge in [0, 0.05) is 11.7 Å². The van der Waals surface area contributed by atoms with Crippen LogP contribution in [0.25, 0.3) is 11.4 Å². The van der Waals surface area contributed by atoms with Crippen LogP contribution in [0.2, 0.25) is 0 Å². The summed E-state index contributed by atoms with van der Waals surface area (Å²) in [5, 5.41) is 14.7. The number of aromatic nitrogens is 3. The molecule has 5 rings (SSSR count). The van der Waals surface area contributed by atoms with E-state index >= 15 is 0 Å². The zero-order valence-electron chi connectivity index (χ0n) is 18.6. The minimum atomic E-state index is -0.360. The Hall–Kier alpha value is -3.98. The summed E-state index contributed by atoms with van der Waals surface area (Å²) in [6.07, 6.45) is 1.92. The maximum absolute atomic E-state index is 14.4. The highest BCUT2D eigenvalue weighted by Gasteiger charge is 2.31. The summed E-state index contributed by atoms with van der Waals surface area (Å²) in [4.78, 5) is 25.5. The van der Waals surface area contributed by atoms with Gasteiger partial charge in [0.05, 0.1) is 22.6 Å². The van der Waals surface area contributed by atoms with Crippen LogP contribution in [0.5, 0.6) is 0 Å². The summed E-state index contributed by atoms with van der Waals surface area (Å²) in [6, 6.07) is 22.6. The first-order chi connectivity index (χ1) is 17.1. The molecule has 0 radical (unpaired) electrons. The van der Waals surface area contributed by atoms with Crippen LogP contribution < -0.4 is 10.6 Å². The van der Waals surface area contributed by atoms with E-state index in [0.717, 1.165) is 12.8 Å². The molecule has 9 heteroatoms. The molecule has 3 aromatic carbocycles. The molecule has 7 nitrogen and oxygen atoms in total. The highest BCUT2D eigenvalue weighted by Crippen LogP contribution is 2.41. The average Bonchev–Trinajstić information content (AvgIpc) is 3.63. The minimum absolute atomic E-state index is 0.0662. The number of carbonyl (C=O) groups is 2. The maximum Gasteiger partial charge on any atom is 0.257 e. The van der Waals surface area contributed by atoms with Crippen LogP contribution in [0.3, 0.4) is 0 Å². The number of para-hydroxylation sites is 2. The second-order valence-electron chi connectivity index (χ2n) is 8.09. The van der Waals surface area contributed by atoms with Crippen molar-refractivity contribution in [3.8, 4) is 11.4 Å². The van der Waals surface area contributed by atoms with E-state index in [1.165, 1.54) is 17.8 Å². The van der Waals surface area contributed by atoms with E-state index in [1.807, 2.05) is 22.8 Å². The number of halogens is 1. The van der Waals surface area contributed by atoms with Gasteiger partial charge < -0.3 is 10.6 Å². The third kappa shape index (κ3) is 5.25. The lowest BCUT2D eigenvalue weighted by molar-refractivity contribution is -0.113. The number of nitrogens with one attached hydrogen (secondary N) is 2. The molecule has 1 aliphatic rings. The molecule has 1 fully saturated rings. The Labute approximate surface area is 205 Å². The second kappa shape index (κ2) is 10.1. The molecule has 2 amide bonds. The van der Waals surface area contributed by atoms with Gasteiger partial charge >= 0.3 is 0 Å². The van der Waals surface area contributed by atoms with Crippen LogP contribution in [-0.4, -0.2) is 32.3 Å². The van der Waals surface area contributed by atoms with Gasteiger partial charge in [-0.25, -0.2) is 4.39 Å². The molecule has 0 atom stereocenters. The summed E-state index contributed by atoms with van der Waals surface area (Å²) in [6.45, 7) is 0. The van der Waals surface area contributed by atoms with Crippen molar-refractivity contribution in [2.24, 2.45) is 0 Å². The predicted octanol–water partition coefficient (Wildman–Crippen LogP) is 5.40. The van der Waals surface area contributed by atoms with E-state index in [-0.39, 0.29) is 29.4 Å². The maximum atomic E-state index is 14.4. The molecular formula is C26H22FN5O2S.